The van der Waals surface area contributed by atoms with Gasteiger partial charge in [0.25, 0.3) is 0 Å². The predicted octanol–water partition coefficient (Wildman–Crippen LogP) is 3.82. The van der Waals surface area contributed by atoms with E-state index in [1.54, 1.807) is 0 Å². The smallest absolute Gasteiger partial charge is 0.0991 e. The van der Waals surface area contributed by atoms with Crippen LogP contribution < -0.4 is 4.90 Å². The van der Waals surface area contributed by atoms with Crippen LogP contribution >= 0.6 is 0 Å². The van der Waals surface area contributed by atoms with Gasteiger partial charge in [-0.25, -0.2) is 0 Å². The molecule has 0 aliphatic carbocycles. The minimum atomic E-state index is 0.729. The number of hydrogen-bond donors (Lipinski definition) is 0. The van der Waals surface area contributed by atoms with E-state index in [1.165, 1.54) is 18.5 Å². The van der Waals surface area contributed by atoms with Gasteiger partial charge in [0.2, 0.25) is 0 Å². The number of hydrogen-bond acceptors (Lipinski definition) is 2. The maximum atomic E-state index is 8.78. The van der Waals surface area contributed by atoms with Gasteiger partial charge >= 0.3 is 0 Å². The maximum Gasteiger partial charge on any atom is 0.0991 e. The molecule has 0 aliphatic rings. The van der Waals surface area contributed by atoms with Gasteiger partial charge in [-0.15, -0.1) is 0 Å². The van der Waals surface area contributed by atoms with Crippen LogP contribution in [0.3, 0.4) is 0 Å². The lowest BCUT2D eigenvalue weighted by Crippen LogP contribution is -2.28. The first kappa shape index (κ1) is 13.6. The molecular weight excluding hydrogens is 208 g/mol. The minimum Gasteiger partial charge on any atom is -0.372 e. The van der Waals surface area contributed by atoms with Crippen LogP contribution in [0, 0.1) is 17.2 Å². The fraction of sp³-hybridized carbons (Fsp3) is 0.533. The average Bonchev–Trinajstić information content (AvgIpc) is 2.40. The van der Waals surface area contributed by atoms with E-state index in [9.17, 15) is 0 Å². The van der Waals surface area contributed by atoms with Gasteiger partial charge in [-0.1, -0.05) is 26.7 Å². The normalized spacial score (nSPS) is 10.3. The Morgan fingerprint density at radius 3 is 2.12 bits per heavy atom. The van der Waals surface area contributed by atoms with Crippen molar-refractivity contribution in [3.05, 3.63) is 29.8 Å². The van der Waals surface area contributed by atoms with Crippen molar-refractivity contribution in [1.29, 1.82) is 5.26 Å². The number of nitriles is 1. The Balaban J connectivity index is 2.75. The molecule has 1 aromatic carbocycles. The van der Waals surface area contributed by atoms with Crippen LogP contribution in [0.5, 0.6) is 0 Å². The summed E-state index contributed by atoms with van der Waals surface area (Å²) in [5, 5.41) is 8.78. The molecule has 0 spiro atoms. The molecule has 0 saturated carbocycles. The second-order valence-electron chi connectivity index (χ2n) is 4.38. The number of benzene rings is 1. The minimum absolute atomic E-state index is 0.729. The highest BCUT2D eigenvalue weighted by molar-refractivity contribution is 5.49. The third kappa shape index (κ3) is 3.78. The Morgan fingerprint density at radius 2 is 1.71 bits per heavy atom. The van der Waals surface area contributed by atoms with E-state index in [4.69, 9.17) is 5.26 Å². The molecule has 92 valence electrons. The molecule has 2 heteroatoms. The molecule has 0 aliphatic heterocycles. The highest BCUT2D eigenvalue weighted by atomic mass is 15.1. The molecule has 17 heavy (non-hydrogen) atoms. The fourth-order valence-corrected chi connectivity index (χ4v) is 2.02. The molecule has 0 atom stereocenters. The zero-order valence-electron chi connectivity index (χ0n) is 11.1. The molecule has 0 fully saturated rings. The molecule has 0 radical (unpaired) electrons. The van der Waals surface area contributed by atoms with E-state index in [1.807, 2.05) is 24.3 Å². The first-order chi connectivity index (χ1) is 8.24. The molecule has 0 N–H and O–H groups in total. The summed E-state index contributed by atoms with van der Waals surface area (Å²) in [4.78, 5) is 2.39. The van der Waals surface area contributed by atoms with Crippen LogP contribution in [-0.2, 0) is 0 Å². The second kappa shape index (κ2) is 6.96. The Bertz CT molecular complexity index is 358. The van der Waals surface area contributed by atoms with Crippen LogP contribution in [0.4, 0.5) is 5.69 Å². The third-order valence-electron chi connectivity index (χ3n) is 3.38. The standard InChI is InChI=1S/C15H22N2/c1-4-13(5-2)12-17(6-3)15-9-7-14(11-16)8-10-15/h7-10,13H,4-6,12H2,1-3H3. The van der Waals surface area contributed by atoms with Gasteiger partial charge < -0.3 is 4.90 Å². The molecule has 0 bridgehead atoms. The molecular formula is C15H22N2. The quantitative estimate of drug-likeness (QED) is 0.742. The summed E-state index contributed by atoms with van der Waals surface area (Å²) < 4.78 is 0. The van der Waals surface area contributed by atoms with Crippen molar-refractivity contribution in [2.24, 2.45) is 5.92 Å². The van der Waals surface area contributed by atoms with E-state index < -0.39 is 0 Å². The molecule has 0 amide bonds. The van der Waals surface area contributed by atoms with Crippen LogP contribution in [0.25, 0.3) is 0 Å². The van der Waals surface area contributed by atoms with E-state index in [0.717, 1.165) is 24.6 Å². The molecule has 0 heterocycles. The zero-order chi connectivity index (χ0) is 12.7. The average molecular weight is 230 g/mol. The number of rotatable bonds is 6. The van der Waals surface area contributed by atoms with Crippen LogP contribution in [0.15, 0.2) is 24.3 Å². The summed E-state index contributed by atoms with van der Waals surface area (Å²) in [6, 6.07) is 10.0. The van der Waals surface area contributed by atoms with Crippen LogP contribution in [0.2, 0.25) is 0 Å². The SMILES string of the molecule is CCC(CC)CN(CC)c1ccc(C#N)cc1. The first-order valence-corrected chi connectivity index (χ1v) is 6.50. The van der Waals surface area contributed by atoms with Crippen molar-refractivity contribution < 1.29 is 0 Å². The highest BCUT2D eigenvalue weighted by Gasteiger charge is 2.10. The van der Waals surface area contributed by atoms with E-state index in [2.05, 4.69) is 31.7 Å². The van der Waals surface area contributed by atoms with Gasteiger partial charge in [-0.05, 0) is 37.1 Å². The Labute approximate surface area is 105 Å². The summed E-state index contributed by atoms with van der Waals surface area (Å²) in [5.41, 5.74) is 1.95. The molecule has 1 aromatic rings. The third-order valence-corrected chi connectivity index (χ3v) is 3.38. The topological polar surface area (TPSA) is 27.0 Å². The van der Waals surface area contributed by atoms with E-state index in [-0.39, 0.29) is 0 Å². The van der Waals surface area contributed by atoms with Crippen molar-refractivity contribution in [2.45, 2.75) is 33.6 Å². The van der Waals surface area contributed by atoms with Gasteiger partial charge in [-0.3, -0.25) is 0 Å². The lowest BCUT2D eigenvalue weighted by Gasteiger charge is -2.27. The van der Waals surface area contributed by atoms with Gasteiger partial charge in [0.05, 0.1) is 11.6 Å². The summed E-state index contributed by atoms with van der Waals surface area (Å²) in [7, 11) is 0. The van der Waals surface area contributed by atoms with Crippen molar-refractivity contribution in [1.82, 2.24) is 0 Å². The second-order valence-corrected chi connectivity index (χ2v) is 4.38. The predicted molar refractivity (Wildman–Crippen MR) is 73.1 cm³/mol. The Hall–Kier alpha value is -1.49. The lowest BCUT2D eigenvalue weighted by molar-refractivity contribution is 0.486. The van der Waals surface area contributed by atoms with Gasteiger partial charge in [0.15, 0.2) is 0 Å². The van der Waals surface area contributed by atoms with Crippen LogP contribution in [-0.4, -0.2) is 13.1 Å². The van der Waals surface area contributed by atoms with Gasteiger partial charge in [-0.2, -0.15) is 5.26 Å². The van der Waals surface area contributed by atoms with Gasteiger partial charge in [0, 0.05) is 18.8 Å². The largest absolute Gasteiger partial charge is 0.372 e. The maximum absolute atomic E-state index is 8.78. The molecule has 0 saturated heterocycles. The van der Waals surface area contributed by atoms with Crippen LogP contribution in [0.1, 0.15) is 39.2 Å². The first-order valence-electron chi connectivity index (χ1n) is 6.50. The fourth-order valence-electron chi connectivity index (χ4n) is 2.02. The van der Waals surface area contributed by atoms with Crippen molar-refractivity contribution >= 4 is 5.69 Å². The van der Waals surface area contributed by atoms with E-state index in [0.29, 0.717) is 0 Å². The molecule has 0 aromatic heterocycles. The summed E-state index contributed by atoms with van der Waals surface area (Å²) in [6.45, 7) is 8.81. The monoisotopic (exact) mass is 230 g/mol. The number of nitrogens with zero attached hydrogens (tertiary/aromatic N) is 2. The highest BCUT2D eigenvalue weighted by Crippen LogP contribution is 2.18. The molecule has 1 rings (SSSR count). The Morgan fingerprint density at radius 1 is 1.12 bits per heavy atom. The summed E-state index contributed by atoms with van der Waals surface area (Å²) in [5.74, 6) is 0.755. The zero-order valence-corrected chi connectivity index (χ0v) is 11.1. The van der Waals surface area contributed by atoms with Gasteiger partial charge in [0.1, 0.15) is 0 Å². The van der Waals surface area contributed by atoms with Crippen molar-refractivity contribution in [3.63, 3.8) is 0 Å². The van der Waals surface area contributed by atoms with Crippen molar-refractivity contribution in [3.8, 4) is 6.07 Å². The summed E-state index contributed by atoms with van der Waals surface area (Å²) >= 11 is 0. The summed E-state index contributed by atoms with van der Waals surface area (Å²) in [6.07, 6.45) is 2.45. The van der Waals surface area contributed by atoms with E-state index >= 15 is 0 Å². The molecule has 0 unspecified atom stereocenters. The Kier molecular flexibility index (Phi) is 5.56. The number of anilines is 1. The molecule has 2 nitrogen and oxygen atoms in total. The lowest BCUT2D eigenvalue weighted by atomic mass is 10.0. The van der Waals surface area contributed by atoms with Crippen molar-refractivity contribution in [2.75, 3.05) is 18.0 Å².